The van der Waals surface area contributed by atoms with E-state index >= 15 is 0 Å². The van der Waals surface area contributed by atoms with E-state index in [1.54, 1.807) is 0 Å². The number of carbonyl (C=O) groups is 1. The van der Waals surface area contributed by atoms with Crippen molar-refractivity contribution >= 4 is 5.78 Å². The molecule has 0 N–H and O–H groups in total. The number of hydrogen-bond donors (Lipinski definition) is 0. The summed E-state index contributed by atoms with van der Waals surface area (Å²) in [6.45, 7) is 2.19. The Labute approximate surface area is 61.1 Å². The SMILES string of the molecule is C[C@@H]1CC(=O)[C@H]2C=CC[C@@H]12. The third-order valence-corrected chi connectivity index (χ3v) is 2.84. The molecule has 2 aliphatic carbocycles. The first-order valence-electron chi connectivity index (χ1n) is 3.98. The summed E-state index contributed by atoms with van der Waals surface area (Å²) in [6.07, 6.45) is 6.20. The van der Waals surface area contributed by atoms with E-state index in [9.17, 15) is 4.79 Å². The molecule has 0 aromatic heterocycles. The predicted molar refractivity (Wildman–Crippen MR) is 39.5 cm³/mol. The van der Waals surface area contributed by atoms with Gasteiger partial charge in [-0.15, -0.1) is 0 Å². The van der Waals surface area contributed by atoms with E-state index in [1.165, 1.54) is 0 Å². The van der Waals surface area contributed by atoms with Crippen molar-refractivity contribution < 1.29 is 4.79 Å². The Morgan fingerprint density at radius 1 is 1.60 bits per heavy atom. The summed E-state index contributed by atoms with van der Waals surface area (Å²) in [7, 11) is 0. The first-order valence-corrected chi connectivity index (χ1v) is 3.98. The van der Waals surface area contributed by atoms with Crippen LogP contribution in [0.4, 0.5) is 0 Å². The van der Waals surface area contributed by atoms with E-state index in [4.69, 9.17) is 0 Å². The summed E-state index contributed by atoms with van der Waals surface area (Å²) in [4.78, 5) is 11.2. The van der Waals surface area contributed by atoms with Crippen molar-refractivity contribution in [3.05, 3.63) is 12.2 Å². The molecule has 0 amide bonds. The van der Waals surface area contributed by atoms with Crippen molar-refractivity contribution in [2.24, 2.45) is 17.8 Å². The Balaban J connectivity index is 2.25. The van der Waals surface area contributed by atoms with Gasteiger partial charge >= 0.3 is 0 Å². The minimum absolute atomic E-state index is 0.301. The second-order valence-electron chi connectivity index (χ2n) is 3.50. The van der Waals surface area contributed by atoms with Gasteiger partial charge in [-0.1, -0.05) is 19.1 Å². The molecule has 0 aromatic carbocycles. The Morgan fingerprint density at radius 3 is 3.10 bits per heavy atom. The van der Waals surface area contributed by atoms with Gasteiger partial charge < -0.3 is 0 Å². The van der Waals surface area contributed by atoms with Gasteiger partial charge in [-0.25, -0.2) is 0 Å². The maximum absolute atomic E-state index is 11.2. The van der Waals surface area contributed by atoms with Crippen LogP contribution in [-0.2, 0) is 4.79 Å². The quantitative estimate of drug-likeness (QED) is 0.464. The van der Waals surface area contributed by atoms with Crippen molar-refractivity contribution in [1.82, 2.24) is 0 Å². The van der Waals surface area contributed by atoms with Gasteiger partial charge in [0.25, 0.3) is 0 Å². The highest BCUT2D eigenvalue weighted by Crippen LogP contribution is 2.41. The lowest BCUT2D eigenvalue weighted by molar-refractivity contribution is -0.119. The molecule has 0 bridgehead atoms. The van der Waals surface area contributed by atoms with Crippen LogP contribution in [0.5, 0.6) is 0 Å². The first-order chi connectivity index (χ1) is 4.79. The maximum atomic E-state index is 11.2. The minimum atomic E-state index is 0.301. The zero-order valence-corrected chi connectivity index (χ0v) is 6.21. The summed E-state index contributed by atoms with van der Waals surface area (Å²) >= 11 is 0. The van der Waals surface area contributed by atoms with Gasteiger partial charge in [0.15, 0.2) is 0 Å². The zero-order valence-electron chi connectivity index (χ0n) is 6.21. The summed E-state index contributed by atoms with van der Waals surface area (Å²) in [6, 6.07) is 0. The molecule has 0 aromatic rings. The van der Waals surface area contributed by atoms with Gasteiger partial charge in [0.2, 0.25) is 0 Å². The van der Waals surface area contributed by atoms with Crippen LogP contribution in [-0.4, -0.2) is 5.78 Å². The van der Waals surface area contributed by atoms with Crippen molar-refractivity contribution in [3.63, 3.8) is 0 Å². The number of Topliss-reactive ketones (excluding diaryl/α,β-unsaturated/α-hetero) is 1. The summed E-state index contributed by atoms with van der Waals surface area (Å²) < 4.78 is 0. The third kappa shape index (κ3) is 0.664. The monoisotopic (exact) mass is 136 g/mol. The van der Waals surface area contributed by atoms with E-state index in [-0.39, 0.29) is 0 Å². The van der Waals surface area contributed by atoms with Crippen LogP contribution in [0.15, 0.2) is 12.2 Å². The standard InChI is InChI=1S/C9H12O/c1-6-5-9(10)8-4-2-3-7(6)8/h2,4,6-8H,3,5H2,1H3/t6-,7+,8+/m1/s1. The smallest absolute Gasteiger partial charge is 0.140 e. The molecule has 0 heterocycles. The number of carbonyl (C=O) groups excluding carboxylic acids is 1. The molecular weight excluding hydrogens is 124 g/mol. The van der Waals surface area contributed by atoms with Gasteiger partial charge in [-0.05, 0) is 18.3 Å². The van der Waals surface area contributed by atoms with Crippen molar-refractivity contribution in [1.29, 1.82) is 0 Å². The predicted octanol–water partition coefficient (Wildman–Crippen LogP) is 1.79. The molecule has 10 heavy (non-hydrogen) atoms. The fourth-order valence-electron chi connectivity index (χ4n) is 2.21. The van der Waals surface area contributed by atoms with Crippen molar-refractivity contribution in [3.8, 4) is 0 Å². The van der Waals surface area contributed by atoms with Crippen molar-refractivity contribution in [2.75, 3.05) is 0 Å². The second-order valence-corrected chi connectivity index (χ2v) is 3.50. The molecule has 2 aliphatic rings. The fourth-order valence-corrected chi connectivity index (χ4v) is 2.21. The van der Waals surface area contributed by atoms with Crippen LogP contribution < -0.4 is 0 Å². The Kier molecular flexibility index (Phi) is 1.19. The molecule has 0 unspecified atom stereocenters. The van der Waals surface area contributed by atoms with Gasteiger partial charge in [-0.2, -0.15) is 0 Å². The molecule has 54 valence electrons. The molecule has 0 aliphatic heterocycles. The molecule has 2 rings (SSSR count). The van der Waals surface area contributed by atoms with Crippen molar-refractivity contribution in [2.45, 2.75) is 19.8 Å². The highest BCUT2D eigenvalue weighted by Gasteiger charge is 2.39. The van der Waals surface area contributed by atoms with E-state index in [1.807, 2.05) is 0 Å². The molecule has 1 nitrogen and oxygen atoms in total. The van der Waals surface area contributed by atoms with Crippen LogP contribution in [0.25, 0.3) is 0 Å². The topological polar surface area (TPSA) is 17.1 Å². The Bertz CT molecular complexity index is 193. The zero-order chi connectivity index (χ0) is 7.14. The average molecular weight is 136 g/mol. The number of allylic oxidation sites excluding steroid dienone is 2. The second kappa shape index (κ2) is 1.94. The van der Waals surface area contributed by atoms with E-state index in [0.29, 0.717) is 23.5 Å². The van der Waals surface area contributed by atoms with Crippen LogP contribution in [0.1, 0.15) is 19.8 Å². The van der Waals surface area contributed by atoms with E-state index in [2.05, 4.69) is 19.1 Å². The third-order valence-electron chi connectivity index (χ3n) is 2.84. The average Bonchev–Trinajstić information content (AvgIpc) is 2.39. The molecular formula is C9H12O. The number of hydrogen-bond acceptors (Lipinski definition) is 1. The highest BCUT2D eigenvalue weighted by atomic mass is 16.1. The molecule has 0 radical (unpaired) electrons. The van der Waals surface area contributed by atoms with Gasteiger partial charge in [0.05, 0.1) is 0 Å². The van der Waals surface area contributed by atoms with Crippen LogP contribution in [0, 0.1) is 17.8 Å². The molecule has 3 atom stereocenters. The van der Waals surface area contributed by atoms with Gasteiger partial charge in [-0.3, -0.25) is 4.79 Å². The minimum Gasteiger partial charge on any atom is -0.299 e. The lowest BCUT2D eigenvalue weighted by atomic mass is 9.93. The fraction of sp³-hybridized carbons (Fsp3) is 0.667. The summed E-state index contributed by atoms with van der Waals surface area (Å²) in [5.74, 6) is 2.06. The van der Waals surface area contributed by atoms with Crippen LogP contribution in [0.3, 0.4) is 0 Å². The lowest BCUT2D eigenvalue weighted by Crippen LogP contribution is -2.08. The molecule has 0 saturated heterocycles. The highest BCUT2D eigenvalue weighted by molar-refractivity contribution is 5.86. The van der Waals surface area contributed by atoms with Crippen LogP contribution >= 0.6 is 0 Å². The Morgan fingerprint density at radius 2 is 2.40 bits per heavy atom. The van der Waals surface area contributed by atoms with E-state index in [0.717, 1.165) is 12.8 Å². The maximum Gasteiger partial charge on any atom is 0.140 e. The Hall–Kier alpha value is -0.590. The first kappa shape index (κ1) is 6.14. The number of fused-ring (bicyclic) bond motifs is 1. The lowest BCUT2D eigenvalue weighted by Gasteiger charge is -2.10. The number of ketones is 1. The molecule has 1 fully saturated rings. The molecule has 1 saturated carbocycles. The largest absolute Gasteiger partial charge is 0.299 e. The summed E-state index contributed by atoms with van der Waals surface area (Å²) in [5, 5.41) is 0. The molecule has 0 spiro atoms. The van der Waals surface area contributed by atoms with Gasteiger partial charge in [0, 0.05) is 12.3 Å². The van der Waals surface area contributed by atoms with Crippen LogP contribution in [0.2, 0.25) is 0 Å². The van der Waals surface area contributed by atoms with E-state index < -0.39 is 0 Å². The number of rotatable bonds is 0. The van der Waals surface area contributed by atoms with Gasteiger partial charge in [0.1, 0.15) is 5.78 Å². The molecule has 1 heteroatoms. The normalized spacial score (nSPS) is 44.5. The summed E-state index contributed by atoms with van der Waals surface area (Å²) in [5.41, 5.74) is 0.